The topological polar surface area (TPSA) is 35.2 Å². The molecule has 0 spiro atoms. The van der Waals surface area contributed by atoms with Crippen LogP contribution in [0.25, 0.3) is 0 Å². The van der Waals surface area contributed by atoms with Gasteiger partial charge in [-0.1, -0.05) is 32.0 Å². The van der Waals surface area contributed by atoms with Crippen LogP contribution >= 0.6 is 0 Å². The zero-order valence-corrected chi connectivity index (χ0v) is 11.8. The molecule has 1 aromatic carbocycles. The summed E-state index contributed by atoms with van der Waals surface area (Å²) in [6.45, 7) is 4.31. The van der Waals surface area contributed by atoms with Crippen LogP contribution in [0, 0.1) is 5.41 Å². The minimum absolute atomic E-state index is 0.179. The van der Waals surface area contributed by atoms with Crippen LogP contribution in [0.3, 0.4) is 0 Å². The first-order chi connectivity index (χ1) is 9.11. The van der Waals surface area contributed by atoms with Gasteiger partial charge in [0.2, 0.25) is 0 Å². The van der Waals surface area contributed by atoms with E-state index in [0.29, 0.717) is 18.4 Å². The molecule has 0 atom stereocenters. The highest BCUT2D eigenvalue weighted by Gasteiger charge is 2.40. The van der Waals surface area contributed by atoms with Gasteiger partial charge in [0.15, 0.2) is 0 Å². The van der Waals surface area contributed by atoms with E-state index < -0.39 is 11.9 Å². The maximum atomic E-state index is 12.5. The highest BCUT2D eigenvalue weighted by atomic mass is 19.4. The largest absolute Gasteiger partial charge is 0.573 e. The Hall–Kier alpha value is -1.23. The first kappa shape index (κ1) is 15.2. The van der Waals surface area contributed by atoms with E-state index in [1.807, 2.05) is 0 Å². The normalized spacial score (nSPS) is 21.5. The standard InChI is InChI=1S/C15H20F3NO/c1-13(2)7-9-14(19,10-8-13)11-5-3-4-6-12(11)20-15(16,17)18/h3-6H,7-10,19H2,1-2H3. The molecule has 0 radical (unpaired) electrons. The summed E-state index contributed by atoms with van der Waals surface area (Å²) in [5, 5.41) is 0. The molecule has 0 unspecified atom stereocenters. The molecule has 0 amide bonds. The number of para-hydroxylation sites is 1. The van der Waals surface area contributed by atoms with Crippen molar-refractivity contribution in [1.29, 1.82) is 0 Å². The van der Waals surface area contributed by atoms with Gasteiger partial charge >= 0.3 is 6.36 Å². The minimum Gasteiger partial charge on any atom is -0.405 e. The van der Waals surface area contributed by atoms with Gasteiger partial charge in [-0.2, -0.15) is 0 Å². The Kier molecular flexibility index (Phi) is 3.75. The molecule has 1 aromatic rings. The summed E-state index contributed by atoms with van der Waals surface area (Å²) in [5.74, 6) is -0.179. The van der Waals surface area contributed by atoms with Gasteiger partial charge in [-0.15, -0.1) is 13.2 Å². The van der Waals surface area contributed by atoms with Crippen molar-refractivity contribution in [2.75, 3.05) is 0 Å². The molecule has 1 aliphatic rings. The molecule has 1 saturated carbocycles. The first-order valence-corrected chi connectivity index (χ1v) is 6.76. The Morgan fingerprint density at radius 2 is 1.60 bits per heavy atom. The molecular weight excluding hydrogens is 267 g/mol. The zero-order chi connectivity index (χ0) is 15.0. The molecule has 112 valence electrons. The molecule has 0 aliphatic heterocycles. The van der Waals surface area contributed by atoms with E-state index in [1.54, 1.807) is 12.1 Å². The highest BCUT2D eigenvalue weighted by molar-refractivity contribution is 5.39. The number of hydrogen-bond donors (Lipinski definition) is 1. The summed E-state index contributed by atoms with van der Waals surface area (Å²) < 4.78 is 41.5. The van der Waals surface area contributed by atoms with Gasteiger partial charge in [0.25, 0.3) is 0 Å². The lowest BCUT2D eigenvalue weighted by Gasteiger charge is -2.42. The molecule has 2 rings (SSSR count). The van der Waals surface area contributed by atoms with Crippen LogP contribution in [0.1, 0.15) is 45.1 Å². The second kappa shape index (κ2) is 4.95. The predicted octanol–water partition coefficient (Wildman–Crippen LogP) is 4.34. The van der Waals surface area contributed by atoms with Crippen molar-refractivity contribution in [3.63, 3.8) is 0 Å². The van der Waals surface area contributed by atoms with Crippen LogP contribution in [-0.2, 0) is 5.54 Å². The van der Waals surface area contributed by atoms with Crippen LogP contribution < -0.4 is 10.5 Å². The zero-order valence-electron chi connectivity index (χ0n) is 11.8. The second-order valence-electron chi connectivity index (χ2n) is 6.36. The molecule has 20 heavy (non-hydrogen) atoms. The summed E-state index contributed by atoms with van der Waals surface area (Å²) in [7, 11) is 0. The molecule has 2 nitrogen and oxygen atoms in total. The Morgan fingerprint density at radius 1 is 1.05 bits per heavy atom. The van der Waals surface area contributed by atoms with Gasteiger partial charge in [0.1, 0.15) is 5.75 Å². The van der Waals surface area contributed by atoms with Gasteiger partial charge in [-0.05, 0) is 37.2 Å². The third-order valence-corrected chi connectivity index (χ3v) is 4.14. The molecule has 1 aliphatic carbocycles. The lowest BCUT2D eigenvalue weighted by molar-refractivity contribution is -0.275. The van der Waals surface area contributed by atoms with E-state index in [4.69, 9.17) is 5.73 Å². The third-order valence-electron chi connectivity index (χ3n) is 4.14. The fourth-order valence-corrected chi connectivity index (χ4v) is 2.73. The number of rotatable bonds is 2. The van der Waals surface area contributed by atoms with Gasteiger partial charge in [-0.25, -0.2) is 0 Å². The van der Waals surface area contributed by atoms with Crippen LogP contribution in [0.15, 0.2) is 24.3 Å². The molecule has 0 heterocycles. The van der Waals surface area contributed by atoms with Crippen molar-refractivity contribution < 1.29 is 17.9 Å². The van der Waals surface area contributed by atoms with Gasteiger partial charge in [-0.3, -0.25) is 0 Å². The molecule has 0 saturated heterocycles. The predicted molar refractivity (Wildman–Crippen MR) is 71.2 cm³/mol. The average Bonchev–Trinajstić information content (AvgIpc) is 2.32. The lowest BCUT2D eigenvalue weighted by Crippen LogP contribution is -2.42. The van der Waals surface area contributed by atoms with E-state index in [1.165, 1.54) is 12.1 Å². The molecule has 2 N–H and O–H groups in total. The Morgan fingerprint density at radius 3 is 2.15 bits per heavy atom. The summed E-state index contributed by atoms with van der Waals surface area (Å²) in [4.78, 5) is 0. The maximum absolute atomic E-state index is 12.5. The van der Waals surface area contributed by atoms with E-state index in [-0.39, 0.29) is 11.2 Å². The van der Waals surface area contributed by atoms with E-state index in [0.717, 1.165) is 12.8 Å². The van der Waals surface area contributed by atoms with Crippen molar-refractivity contribution >= 4 is 0 Å². The fourth-order valence-electron chi connectivity index (χ4n) is 2.73. The van der Waals surface area contributed by atoms with E-state index in [9.17, 15) is 13.2 Å². The fraction of sp³-hybridized carbons (Fsp3) is 0.600. The van der Waals surface area contributed by atoms with Crippen LogP contribution in [-0.4, -0.2) is 6.36 Å². The number of nitrogens with two attached hydrogens (primary N) is 1. The lowest BCUT2D eigenvalue weighted by atomic mass is 9.67. The molecule has 0 bridgehead atoms. The van der Waals surface area contributed by atoms with Crippen molar-refractivity contribution in [2.24, 2.45) is 11.1 Å². The van der Waals surface area contributed by atoms with Gasteiger partial charge < -0.3 is 10.5 Å². The average molecular weight is 287 g/mol. The monoisotopic (exact) mass is 287 g/mol. The van der Waals surface area contributed by atoms with Crippen molar-refractivity contribution in [3.8, 4) is 5.75 Å². The Labute approximate surface area is 117 Å². The number of halogens is 3. The molecular formula is C15H20F3NO. The second-order valence-corrected chi connectivity index (χ2v) is 6.36. The minimum atomic E-state index is -4.69. The number of alkyl halides is 3. The Bertz CT molecular complexity index is 472. The summed E-state index contributed by atoms with van der Waals surface area (Å²) >= 11 is 0. The number of hydrogen-bond acceptors (Lipinski definition) is 2. The molecule has 1 fully saturated rings. The Balaban J connectivity index is 2.28. The smallest absolute Gasteiger partial charge is 0.405 e. The number of ether oxygens (including phenoxy) is 1. The number of benzene rings is 1. The van der Waals surface area contributed by atoms with Crippen LogP contribution in [0.4, 0.5) is 13.2 Å². The summed E-state index contributed by atoms with van der Waals surface area (Å²) in [6, 6.07) is 6.20. The van der Waals surface area contributed by atoms with Crippen LogP contribution in [0.2, 0.25) is 0 Å². The summed E-state index contributed by atoms with van der Waals surface area (Å²) in [5.41, 5.74) is 6.28. The quantitative estimate of drug-likeness (QED) is 0.878. The third kappa shape index (κ3) is 3.45. The maximum Gasteiger partial charge on any atom is 0.573 e. The SMILES string of the molecule is CC1(C)CCC(N)(c2ccccc2OC(F)(F)F)CC1. The first-order valence-electron chi connectivity index (χ1n) is 6.76. The molecule has 5 heteroatoms. The van der Waals surface area contributed by atoms with Crippen LogP contribution in [0.5, 0.6) is 5.75 Å². The van der Waals surface area contributed by atoms with Gasteiger partial charge in [0, 0.05) is 11.1 Å². The van der Waals surface area contributed by atoms with Crippen molar-refractivity contribution in [3.05, 3.63) is 29.8 Å². The van der Waals surface area contributed by atoms with Crippen molar-refractivity contribution in [1.82, 2.24) is 0 Å². The van der Waals surface area contributed by atoms with E-state index >= 15 is 0 Å². The van der Waals surface area contributed by atoms with E-state index in [2.05, 4.69) is 18.6 Å². The van der Waals surface area contributed by atoms with Crippen molar-refractivity contribution in [2.45, 2.75) is 51.4 Å². The molecule has 0 aromatic heterocycles. The summed E-state index contributed by atoms with van der Waals surface area (Å²) in [6.07, 6.45) is -1.58. The van der Waals surface area contributed by atoms with Gasteiger partial charge in [0.05, 0.1) is 0 Å². The highest BCUT2D eigenvalue weighted by Crippen LogP contribution is 2.46.